The molecule has 2 N–H and O–H groups in total. The van der Waals surface area contributed by atoms with Gasteiger partial charge in [0.1, 0.15) is 5.75 Å². The third-order valence-corrected chi connectivity index (χ3v) is 8.93. The molecule has 0 aromatic heterocycles. The lowest BCUT2D eigenvalue weighted by Crippen LogP contribution is -2.56. The molecule has 1 aliphatic carbocycles. The first-order valence-corrected chi connectivity index (χ1v) is 13.6. The largest absolute Gasteiger partial charge is 0.573 e. The lowest BCUT2D eigenvalue weighted by atomic mass is 9.87. The van der Waals surface area contributed by atoms with Crippen LogP contribution in [0.2, 0.25) is 0 Å². The molecule has 3 atom stereocenters. The summed E-state index contributed by atoms with van der Waals surface area (Å²) in [5, 5.41) is 11.4. The Kier molecular flexibility index (Phi) is 6.67. The second-order valence-corrected chi connectivity index (χ2v) is 11.4. The zero-order valence-corrected chi connectivity index (χ0v) is 20.5. The van der Waals surface area contributed by atoms with Crippen molar-refractivity contribution in [1.29, 1.82) is 0 Å². The quantitative estimate of drug-likeness (QED) is 0.452. The second-order valence-electron chi connectivity index (χ2n) is 8.64. The molecule has 1 heterocycles. The van der Waals surface area contributed by atoms with Crippen molar-refractivity contribution in [3.8, 4) is 5.75 Å². The highest BCUT2D eigenvalue weighted by atomic mass is 32.2. The molecular formula is C25H23F3N2O4S2. The topological polar surface area (TPSA) is 78.9 Å². The summed E-state index contributed by atoms with van der Waals surface area (Å²) in [5.41, 5.74) is 1.91. The highest BCUT2D eigenvalue weighted by Crippen LogP contribution is 2.50. The van der Waals surface area contributed by atoms with Gasteiger partial charge in [-0.15, -0.1) is 13.2 Å². The molecule has 5 rings (SSSR count). The van der Waals surface area contributed by atoms with Gasteiger partial charge >= 0.3 is 6.36 Å². The van der Waals surface area contributed by atoms with Gasteiger partial charge in [0, 0.05) is 9.79 Å². The first kappa shape index (κ1) is 24.9. The number of hydrogen-bond acceptors (Lipinski definition) is 6. The van der Waals surface area contributed by atoms with E-state index in [-0.39, 0.29) is 10.9 Å². The number of fused-ring (bicyclic) bond motifs is 2. The Morgan fingerprint density at radius 2 is 1.50 bits per heavy atom. The van der Waals surface area contributed by atoms with Gasteiger partial charge in [0.2, 0.25) is 10.0 Å². The normalized spacial score (nSPS) is 22.0. The molecular weight excluding hydrogens is 513 g/mol. The Morgan fingerprint density at radius 3 is 2.08 bits per heavy atom. The average molecular weight is 537 g/mol. The Balaban J connectivity index is 1.39. The van der Waals surface area contributed by atoms with E-state index < -0.39 is 34.3 Å². The fraction of sp³-hybridized carbons (Fsp3) is 0.280. The van der Waals surface area contributed by atoms with Crippen molar-refractivity contribution in [2.75, 3.05) is 4.90 Å². The molecule has 1 aliphatic heterocycles. The van der Waals surface area contributed by atoms with Gasteiger partial charge in [-0.05, 0) is 67.8 Å². The Labute approximate surface area is 211 Å². The monoisotopic (exact) mass is 536 g/mol. The third-order valence-electron chi connectivity index (χ3n) is 6.30. The summed E-state index contributed by atoms with van der Waals surface area (Å²) in [6.45, 7) is 0. The number of nitrogens with one attached hydrogen (secondary N) is 1. The second kappa shape index (κ2) is 9.62. The van der Waals surface area contributed by atoms with E-state index in [0.717, 1.165) is 45.4 Å². The van der Waals surface area contributed by atoms with E-state index in [1.165, 1.54) is 0 Å². The Morgan fingerprint density at radius 1 is 0.917 bits per heavy atom. The number of aliphatic hydroxyl groups excluding tert-OH is 1. The number of nitrogens with zero attached hydrogens (tertiary/aromatic N) is 1. The van der Waals surface area contributed by atoms with Gasteiger partial charge in [0.25, 0.3) is 0 Å². The SMILES string of the molecule is O=S(=O)(NC1CCCC(N2c3ccccc3Sc3ccccc32)[C@H]1O)c1ccc(OC(F)(F)F)cc1. The fourth-order valence-corrected chi connectivity index (χ4v) is 7.10. The van der Waals surface area contributed by atoms with Crippen molar-refractivity contribution in [2.45, 2.75) is 58.5 Å². The Bertz CT molecular complexity index is 1300. The van der Waals surface area contributed by atoms with Crippen LogP contribution < -0.4 is 14.4 Å². The summed E-state index contributed by atoms with van der Waals surface area (Å²) in [6, 6.07) is 18.6. The number of hydrogen-bond donors (Lipinski definition) is 2. The minimum Gasteiger partial charge on any atom is -0.406 e. The molecule has 0 spiro atoms. The lowest BCUT2D eigenvalue weighted by molar-refractivity contribution is -0.274. The van der Waals surface area contributed by atoms with Gasteiger partial charge in [-0.2, -0.15) is 0 Å². The van der Waals surface area contributed by atoms with E-state index in [0.29, 0.717) is 19.3 Å². The van der Waals surface area contributed by atoms with Crippen molar-refractivity contribution >= 4 is 33.2 Å². The van der Waals surface area contributed by atoms with Crippen LogP contribution in [0.25, 0.3) is 0 Å². The summed E-state index contributed by atoms with van der Waals surface area (Å²) in [7, 11) is -4.10. The maximum absolute atomic E-state index is 13.0. The number of sulfonamides is 1. The van der Waals surface area contributed by atoms with Crippen LogP contribution in [0.15, 0.2) is 87.5 Å². The summed E-state index contributed by atoms with van der Waals surface area (Å²) >= 11 is 1.65. The molecule has 6 nitrogen and oxygen atoms in total. The van der Waals surface area contributed by atoms with Crippen LogP contribution in [-0.2, 0) is 10.0 Å². The zero-order valence-electron chi connectivity index (χ0n) is 18.9. The van der Waals surface area contributed by atoms with E-state index in [2.05, 4.69) is 14.4 Å². The van der Waals surface area contributed by atoms with Gasteiger partial charge < -0.3 is 14.7 Å². The summed E-state index contributed by atoms with van der Waals surface area (Å²) in [4.78, 5) is 3.98. The van der Waals surface area contributed by atoms with Crippen LogP contribution in [0.5, 0.6) is 5.75 Å². The minimum atomic E-state index is -4.87. The number of anilines is 2. The van der Waals surface area contributed by atoms with Crippen LogP contribution in [0.4, 0.5) is 24.5 Å². The van der Waals surface area contributed by atoms with Gasteiger partial charge in [-0.25, -0.2) is 13.1 Å². The van der Waals surface area contributed by atoms with Crippen LogP contribution in [0, 0.1) is 0 Å². The molecule has 2 aliphatic rings. The van der Waals surface area contributed by atoms with Crippen molar-refractivity contribution in [3.63, 3.8) is 0 Å². The minimum absolute atomic E-state index is 0.212. The molecule has 0 bridgehead atoms. The summed E-state index contributed by atoms with van der Waals surface area (Å²) in [6.07, 6.45) is -4.12. The maximum atomic E-state index is 13.0. The number of alkyl halides is 3. The maximum Gasteiger partial charge on any atom is 0.573 e. The Hall–Kier alpha value is -2.73. The number of para-hydroxylation sites is 2. The van der Waals surface area contributed by atoms with E-state index in [4.69, 9.17) is 0 Å². The molecule has 3 aromatic carbocycles. The van der Waals surface area contributed by atoms with E-state index >= 15 is 0 Å². The number of halogens is 3. The van der Waals surface area contributed by atoms with Gasteiger partial charge in [-0.3, -0.25) is 0 Å². The lowest BCUT2D eigenvalue weighted by Gasteiger charge is -2.45. The van der Waals surface area contributed by atoms with E-state index in [9.17, 15) is 26.7 Å². The molecule has 0 saturated heterocycles. The molecule has 1 saturated carbocycles. The average Bonchev–Trinajstić information content (AvgIpc) is 2.83. The predicted octanol–water partition coefficient (Wildman–Crippen LogP) is 5.45. The summed E-state index contributed by atoms with van der Waals surface area (Å²) in [5.74, 6) is -0.514. The van der Waals surface area contributed by atoms with Crippen molar-refractivity contribution in [1.82, 2.24) is 4.72 Å². The smallest absolute Gasteiger partial charge is 0.406 e. The van der Waals surface area contributed by atoms with Crippen LogP contribution in [0.1, 0.15) is 19.3 Å². The molecule has 36 heavy (non-hydrogen) atoms. The van der Waals surface area contributed by atoms with Crippen LogP contribution in [-0.4, -0.2) is 38.1 Å². The summed E-state index contributed by atoms with van der Waals surface area (Å²) < 4.78 is 69.7. The number of benzene rings is 3. The van der Waals surface area contributed by atoms with Crippen LogP contribution >= 0.6 is 11.8 Å². The van der Waals surface area contributed by atoms with Crippen molar-refractivity contribution in [2.24, 2.45) is 0 Å². The molecule has 1 fully saturated rings. The molecule has 11 heteroatoms. The molecule has 0 amide bonds. The van der Waals surface area contributed by atoms with E-state index in [1.54, 1.807) is 11.8 Å². The first-order valence-electron chi connectivity index (χ1n) is 11.3. The first-order chi connectivity index (χ1) is 17.1. The highest BCUT2D eigenvalue weighted by molar-refractivity contribution is 7.99. The van der Waals surface area contributed by atoms with E-state index in [1.807, 2.05) is 48.5 Å². The number of rotatable bonds is 5. The molecule has 3 aromatic rings. The fourth-order valence-electron chi connectivity index (χ4n) is 4.75. The zero-order chi connectivity index (χ0) is 25.5. The van der Waals surface area contributed by atoms with Gasteiger partial charge in [0.05, 0.1) is 34.5 Å². The molecule has 190 valence electrons. The van der Waals surface area contributed by atoms with Crippen LogP contribution in [0.3, 0.4) is 0 Å². The molecule has 0 radical (unpaired) electrons. The van der Waals surface area contributed by atoms with Gasteiger partial charge in [-0.1, -0.05) is 36.0 Å². The highest BCUT2D eigenvalue weighted by Gasteiger charge is 2.40. The molecule has 2 unspecified atom stereocenters. The number of aliphatic hydroxyl groups is 1. The predicted molar refractivity (Wildman–Crippen MR) is 130 cm³/mol. The number of ether oxygens (including phenoxy) is 1. The van der Waals surface area contributed by atoms with Crippen molar-refractivity contribution < 1.29 is 31.4 Å². The standard InChI is InChI=1S/C25H23F3N2O4S2/c26-25(27,28)34-16-12-14-17(15-13-16)36(32,33)29-18-6-5-9-21(24(18)31)30-19-7-1-3-10-22(19)35-23-11-4-2-8-20(23)30/h1-4,7-8,10-15,18,21,24,29,31H,5-6,9H2/t18?,21?,24-/m0/s1. The van der Waals surface area contributed by atoms with Crippen molar-refractivity contribution in [3.05, 3.63) is 72.8 Å². The van der Waals surface area contributed by atoms with Gasteiger partial charge in [0.15, 0.2) is 0 Å². The third kappa shape index (κ3) is 5.06.